The molecule has 2 amide bonds. The maximum atomic E-state index is 12.2. The SMILES string of the molecule is CN(C)CCNC(=O)C1CC(=O)N(c2ccc(Cl)cc2Cl)C1. The predicted molar refractivity (Wildman–Crippen MR) is 88.5 cm³/mol. The van der Waals surface area contributed by atoms with Crippen LogP contribution in [-0.2, 0) is 9.59 Å². The van der Waals surface area contributed by atoms with Gasteiger partial charge >= 0.3 is 0 Å². The van der Waals surface area contributed by atoms with Gasteiger partial charge in [-0.25, -0.2) is 0 Å². The van der Waals surface area contributed by atoms with E-state index in [0.717, 1.165) is 6.54 Å². The van der Waals surface area contributed by atoms with Gasteiger partial charge in [0.15, 0.2) is 0 Å². The maximum Gasteiger partial charge on any atom is 0.227 e. The summed E-state index contributed by atoms with van der Waals surface area (Å²) in [6.45, 7) is 1.67. The first-order valence-electron chi connectivity index (χ1n) is 7.06. The van der Waals surface area contributed by atoms with Gasteiger partial charge in [-0.2, -0.15) is 0 Å². The van der Waals surface area contributed by atoms with Gasteiger partial charge in [-0.1, -0.05) is 23.2 Å². The molecule has 1 aromatic carbocycles. The maximum absolute atomic E-state index is 12.2. The van der Waals surface area contributed by atoms with Crippen molar-refractivity contribution in [2.75, 3.05) is 38.6 Å². The van der Waals surface area contributed by atoms with E-state index in [1.54, 1.807) is 23.1 Å². The quantitative estimate of drug-likeness (QED) is 0.889. The van der Waals surface area contributed by atoms with Crippen molar-refractivity contribution in [3.05, 3.63) is 28.2 Å². The molecule has 2 rings (SSSR count). The molecule has 22 heavy (non-hydrogen) atoms. The van der Waals surface area contributed by atoms with Gasteiger partial charge in [0.1, 0.15) is 0 Å². The van der Waals surface area contributed by atoms with E-state index in [4.69, 9.17) is 23.2 Å². The van der Waals surface area contributed by atoms with Crippen molar-refractivity contribution in [3.8, 4) is 0 Å². The van der Waals surface area contributed by atoms with Crippen LogP contribution in [0.15, 0.2) is 18.2 Å². The van der Waals surface area contributed by atoms with Crippen molar-refractivity contribution in [1.29, 1.82) is 0 Å². The average molecular weight is 344 g/mol. The Morgan fingerprint density at radius 1 is 1.41 bits per heavy atom. The van der Waals surface area contributed by atoms with Gasteiger partial charge in [-0.05, 0) is 32.3 Å². The van der Waals surface area contributed by atoms with Crippen molar-refractivity contribution < 1.29 is 9.59 Å². The summed E-state index contributed by atoms with van der Waals surface area (Å²) in [6.07, 6.45) is 0.201. The third-order valence-electron chi connectivity index (χ3n) is 3.55. The molecule has 1 atom stereocenters. The first-order chi connectivity index (χ1) is 10.4. The fourth-order valence-corrected chi connectivity index (χ4v) is 2.87. The minimum Gasteiger partial charge on any atom is -0.355 e. The molecule has 0 bridgehead atoms. The molecule has 5 nitrogen and oxygen atoms in total. The summed E-state index contributed by atoms with van der Waals surface area (Å²) in [7, 11) is 3.88. The zero-order chi connectivity index (χ0) is 16.3. The molecule has 0 spiro atoms. The second-order valence-electron chi connectivity index (χ2n) is 5.60. The molecule has 0 aliphatic carbocycles. The number of nitrogens with zero attached hydrogens (tertiary/aromatic N) is 2. The minimum atomic E-state index is -0.346. The summed E-state index contributed by atoms with van der Waals surface area (Å²) in [5.74, 6) is -0.541. The Bertz CT molecular complexity index is 578. The smallest absolute Gasteiger partial charge is 0.227 e. The Morgan fingerprint density at radius 3 is 2.77 bits per heavy atom. The topological polar surface area (TPSA) is 52.7 Å². The number of amides is 2. The Morgan fingerprint density at radius 2 is 2.14 bits per heavy atom. The van der Waals surface area contributed by atoms with Gasteiger partial charge in [-0.3, -0.25) is 9.59 Å². The molecular weight excluding hydrogens is 325 g/mol. The lowest BCUT2D eigenvalue weighted by Crippen LogP contribution is -2.36. The first kappa shape index (κ1) is 17.1. The van der Waals surface area contributed by atoms with Gasteiger partial charge in [0.05, 0.1) is 16.6 Å². The van der Waals surface area contributed by atoms with Crippen molar-refractivity contribution >= 4 is 40.7 Å². The Kier molecular flexibility index (Phi) is 5.67. The molecule has 1 aromatic rings. The Balaban J connectivity index is 2.00. The highest BCUT2D eigenvalue weighted by molar-refractivity contribution is 6.36. The molecule has 0 aromatic heterocycles. The van der Waals surface area contributed by atoms with Crippen molar-refractivity contribution in [2.45, 2.75) is 6.42 Å². The van der Waals surface area contributed by atoms with E-state index >= 15 is 0 Å². The number of hydrogen-bond donors (Lipinski definition) is 1. The largest absolute Gasteiger partial charge is 0.355 e. The lowest BCUT2D eigenvalue weighted by atomic mass is 10.1. The second kappa shape index (κ2) is 7.31. The van der Waals surface area contributed by atoms with E-state index < -0.39 is 0 Å². The first-order valence-corrected chi connectivity index (χ1v) is 7.82. The zero-order valence-electron chi connectivity index (χ0n) is 12.6. The second-order valence-corrected chi connectivity index (χ2v) is 6.44. The fraction of sp³-hybridized carbons (Fsp3) is 0.467. The number of rotatable bonds is 5. The van der Waals surface area contributed by atoms with E-state index in [-0.39, 0.29) is 24.2 Å². The van der Waals surface area contributed by atoms with E-state index in [9.17, 15) is 9.59 Å². The van der Waals surface area contributed by atoms with Crippen LogP contribution in [0.5, 0.6) is 0 Å². The van der Waals surface area contributed by atoms with Crippen molar-refractivity contribution in [1.82, 2.24) is 10.2 Å². The van der Waals surface area contributed by atoms with Crippen LogP contribution in [0.25, 0.3) is 0 Å². The van der Waals surface area contributed by atoms with Crippen molar-refractivity contribution in [2.24, 2.45) is 5.92 Å². The van der Waals surface area contributed by atoms with Crippen LogP contribution >= 0.6 is 23.2 Å². The summed E-state index contributed by atoms with van der Waals surface area (Å²) in [5.41, 5.74) is 0.597. The lowest BCUT2D eigenvalue weighted by molar-refractivity contribution is -0.126. The van der Waals surface area contributed by atoms with Crippen molar-refractivity contribution in [3.63, 3.8) is 0 Å². The molecule has 1 heterocycles. The third kappa shape index (κ3) is 4.12. The normalized spacial score (nSPS) is 18.1. The molecular formula is C15H19Cl2N3O2. The molecule has 1 N–H and O–H groups in total. The third-order valence-corrected chi connectivity index (χ3v) is 4.09. The number of halogens is 2. The molecule has 0 radical (unpaired) electrons. The molecule has 1 aliphatic heterocycles. The Hall–Kier alpha value is -1.30. The van der Waals surface area contributed by atoms with E-state index in [1.807, 2.05) is 19.0 Å². The van der Waals surface area contributed by atoms with E-state index in [2.05, 4.69) is 5.32 Å². The molecule has 7 heteroatoms. The monoisotopic (exact) mass is 343 g/mol. The van der Waals surface area contributed by atoms with Crippen LogP contribution in [0.4, 0.5) is 5.69 Å². The zero-order valence-corrected chi connectivity index (χ0v) is 14.1. The molecule has 120 valence electrons. The summed E-state index contributed by atoms with van der Waals surface area (Å²) >= 11 is 12.0. The number of hydrogen-bond acceptors (Lipinski definition) is 3. The molecule has 0 saturated carbocycles. The molecule has 1 saturated heterocycles. The highest BCUT2D eigenvalue weighted by Crippen LogP contribution is 2.33. The number of anilines is 1. The van der Waals surface area contributed by atoms with Gasteiger partial charge in [0.2, 0.25) is 11.8 Å². The van der Waals surface area contributed by atoms with Crippen LogP contribution < -0.4 is 10.2 Å². The molecule has 1 fully saturated rings. The Labute approximate surface area is 140 Å². The summed E-state index contributed by atoms with van der Waals surface area (Å²) < 4.78 is 0. The van der Waals surface area contributed by atoms with Crippen LogP contribution in [0, 0.1) is 5.92 Å². The number of likely N-dealkylation sites (N-methyl/N-ethyl adjacent to an activating group) is 1. The van der Waals surface area contributed by atoms with Crippen LogP contribution in [0.1, 0.15) is 6.42 Å². The number of carbonyl (C=O) groups is 2. The fourth-order valence-electron chi connectivity index (χ4n) is 2.36. The number of carbonyl (C=O) groups excluding carboxylic acids is 2. The van der Waals surface area contributed by atoms with Crippen LogP contribution in [0.2, 0.25) is 10.0 Å². The summed E-state index contributed by atoms with van der Waals surface area (Å²) in [4.78, 5) is 27.8. The van der Waals surface area contributed by atoms with E-state index in [1.165, 1.54) is 0 Å². The van der Waals surface area contributed by atoms with Gasteiger partial charge < -0.3 is 15.1 Å². The van der Waals surface area contributed by atoms with Crippen LogP contribution in [-0.4, -0.2) is 50.4 Å². The molecule has 1 aliphatic rings. The van der Waals surface area contributed by atoms with Crippen LogP contribution in [0.3, 0.4) is 0 Å². The summed E-state index contributed by atoms with van der Waals surface area (Å²) in [5, 5.41) is 3.78. The number of nitrogens with one attached hydrogen (secondary N) is 1. The predicted octanol–water partition coefficient (Wildman–Crippen LogP) is 2.02. The van der Waals surface area contributed by atoms with E-state index in [0.29, 0.717) is 28.8 Å². The standard InChI is InChI=1S/C15H19Cl2N3O2/c1-19(2)6-5-18-15(22)10-7-14(21)20(9-10)13-4-3-11(16)8-12(13)17/h3-4,8,10H,5-7,9H2,1-2H3,(H,18,22). The highest BCUT2D eigenvalue weighted by atomic mass is 35.5. The minimum absolute atomic E-state index is 0.0946. The summed E-state index contributed by atoms with van der Waals surface area (Å²) in [6, 6.07) is 4.98. The highest BCUT2D eigenvalue weighted by Gasteiger charge is 2.35. The molecule has 1 unspecified atom stereocenters. The average Bonchev–Trinajstić information content (AvgIpc) is 2.80. The number of benzene rings is 1. The van der Waals surface area contributed by atoms with Gasteiger partial charge in [0, 0.05) is 31.1 Å². The van der Waals surface area contributed by atoms with Gasteiger partial charge in [-0.15, -0.1) is 0 Å². The van der Waals surface area contributed by atoms with Gasteiger partial charge in [0.25, 0.3) is 0 Å². The lowest BCUT2D eigenvalue weighted by Gasteiger charge is -2.18.